The molecule has 3 rings (SSSR count). The van der Waals surface area contributed by atoms with Crippen molar-refractivity contribution in [3.63, 3.8) is 0 Å². The fourth-order valence-corrected chi connectivity index (χ4v) is 2.41. The number of benzene rings is 2. The Balaban J connectivity index is 1.78. The molecule has 2 aromatic carbocycles. The molecule has 126 valence electrons. The SMILES string of the molecule is COc1ccc(C(=O)/C=C/c2cnn(-c3ccccc3)c2)c(OC)c1. The molecule has 0 atom stereocenters. The Kier molecular flexibility index (Phi) is 4.95. The number of para-hydroxylation sites is 1. The van der Waals surface area contributed by atoms with Crippen LogP contribution in [0.15, 0.2) is 67.0 Å². The van der Waals surface area contributed by atoms with E-state index >= 15 is 0 Å². The number of carbonyl (C=O) groups excluding carboxylic acids is 1. The summed E-state index contributed by atoms with van der Waals surface area (Å²) in [4.78, 5) is 12.4. The second-order valence-corrected chi connectivity index (χ2v) is 5.32. The van der Waals surface area contributed by atoms with Gasteiger partial charge in [-0.3, -0.25) is 4.79 Å². The summed E-state index contributed by atoms with van der Waals surface area (Å²) in [6.45, 7) is 0. The quantitative estimate of drug-likeness (QED) is 0.508. The van der Waals surface area contributed by atoms with Crippen molar-refractivity contribution < 1.29 is 14.3 Å². The zero-order valence-corrected chi connectivity index (χ0v) is 14.0. The van der Waals surface area contributed by atoms with Crippen molar-refractivity contribution in [2.24, 2.45) is 0 Å². The first-order valence-electron chi connectivity index (χ1n) is 7.76. The number of hydrogen-bond acceptors (Lipinski definition) is 4. The van der Waals surface area contributed by atoms with Crippen LogP contribution in [0.25, 0.3) is 11.8 Å². The predicted octanol–water partition coefficient (Wildman–Crippen LogP) is 3.79. The molecule has 5 nitrogen and oxygen atoms in total. The smallest absolute Gasteiger partial charge is 0.189 e. The summed E-state index contributed by atoms with van der Waals surface area (Å²) in [6, 6.07) is 14.9. The molecule has 0 aliphatic rings. The van der Waals surface area contributed by atoms with Crippen LogP contribution < -0.4 is 9.47 Å². The lowest BCUT2D eigenvalue weighted by Crippen LogP contribution is -1.99. The van der Waals surface area contributed by atoms with E-state index in [1.165, 1.54) is 13.2 Å². The van der Waals surface area contributed by atoms with E-state index in [-0.39, 0.29) is 5.78 Å². The Morgan fingerprint density at radius 3 is 2.60 bits per heavy atom. The maximum absolute atomic E-state index is 12.4. The Hall–Kier alpha value is -3.34. The number of nitrogens with zero attached hydrogens (tertiary/aromatic N) is 2. The molecule has 0 N–H and O–H groups in total. The molecule has 1 heterocycles. The summed E-state index contributed by atoms with van der Waals surface area (Å²) in [5.74, 6) is 0.975. The van der Waals surface area contributed by atoms with E-state index < -0.39 is 0 Å². The van der Waals surface area contributed by atoms with Gasteiger partial charge in [0.25, 0.3) is 0 Å². The van der Waals surface area contributed by atoms with E-state index in [0.717, 1.165) is 11.3 Å². The number of rotatable bonds is 6. The standard InChI is InChI=1S/C20H18N2O3/c1-24-17-9-10-18(20(12-17)25-2)19(23)11-8-15-13-21-22(14-15)16-6-4-3-5-7-16/h3-14H,1-2H3/b11-8+. The molecule has 0 fully saturated rings. The first kappa shape index (κ1) is 16.5. The summed E-state index contributed by atoms with van der Waals surface area (Å²) in [5, 5.41) is 4.31. The molecule has 0 aliphatic carbocycles. The van der Waals surface area contributed by atoms with Crippen molar-refractivity contribution in [2.45, 2.75) is 0 Å². The minimum Gasteiger partial charge on any atom is -0.497 e. The molecule has 0 saturated heterocycles. The molecule has 5 heteroatoms. The van der Waals surface area contributed by atoms with Crippen LogP contribution in [-0.4, -0.2) is 29.8 Å². The first-order valence-corrected chi connectivity index (χ1v) is 7.76. The van der Waals surface area contributed by atoms with Gasteiger partial charge in [-0.1, -0.05) is 18.2 Å². The summed E-state index contributed by atoms with van der Waals surface area (Å²) in [7, 11) is 3.10. The molecular weight excluding hydrogens is 316 g/mol. The summed E-state index contributed by atoms with van der Waals surface area (Å²) >= 11 is 0. The normalized spacial score (nSPS) is 10.8. The highest BCUT2D eigenvalue weighted by Gasteiger charge is 2.11. The second-order valence-electron chi connectivity index (χ2n) is 5.32. The number of methoxy groups -OCH3 is 2. The van der Waals surface area contributed by atoms with E-state index in [1.54, 1.807) is 42.3 Å². The van der Waals surface area contributed by atoms with Gasteiger partial charge in [-0.15, -0.1) is 0 Å². The van der Waals surface area contributed by atoms with Crippen LogP contribution in [0.4, 0.5) is 0 Å². The lowest BCUT2D eigenvalue weighted by molar-refractivity contribution is 0.104. The van der Waals surface area contributed by atoms with Gasteiger partial charge in [0.15, 0.2) is 5.78 Å². The lowest BCUT2D eigenvalue weighted by atomic mass is 10.1. The van der Waals surface area contributed by atoms with Gasteiger partial charge in [0, 0.05) is 17.8 Å². The van der Waals surface area contributed by atoms with E-state index in [2.05, 4.69) is 5.10 Å². The van der Waals surface area contributed by atoms with Gasteiger partial charge in [0.1, 0.15) is 11.5 Å². The largest absolute Gasteiger partial charge is 0.497 e. The van der Waals surface area contributed by atoms with Crippen LogP contribution in [0, 0.1) is 0 Å². The molecular formula is C20H18N2O3. The number of carbonyl (C=O) groups is 1. The van der Waals surface area contributed by atoms with Crippen LogP contribution in [0.1, 0.15) is 15.9 Å². The van der Waals surface area contributed by atoms with Crippen LogP contribution in [0.2, 0.25) is 0 Å². The van der Waals surface area contributed by atoms with Gasteiger partial charge in [-0.05, 0) is 36.4 Å². The van der Waals surface area contributed by atoms with E-state index in [9.17, 15) is 4.79 Å². The fraction of sp³-hybridized carbons (Fsp3) is 0.100. The fourth-order valence-electron chi connectivity index (χ4n) is 2.41. The third kappa shape index (κ3) is 3.77. The van der Waals surface area contributed by atoms with Crippen molar-refractivity contribution in [3.8, 4) is 17.2 Å². The molecule has 0 unspecified atom stereocenters. The van der Waals surface area contributed by atoms with Crippen LogP contribution in [0.3, 0.4) is 0 Å². The molecule has 0 amide bonds. The maximum Gasteiger partial charge on any atom is 0.189 e. The zero-order valence-electron chi connectivity index (χ0n) is 14.0. The average Bonchev–Trinajstić information content (AvgIpc) is 3.15. The molecule has 0 saturated carbocycles. The Morgan fingerprint density at radius 1 is 1.08 bits per heavy atom. The third-order valence-electron chi connectivity index (χ3n) is 3.72. The monoisotopic (exact) mass is 334 g/mol. The van der Waals surface area contributed by atoms with E-state index in [4.69, 9.17) is 9.47 Å². The maximum atomic E-state index is 12.4. The van der Waals surface area contributed by atoms with Gasteiger partial charge in [-0.2, -0.15) is 5.10 Å². The number of ketones is 1. The van der Waals surface area contributed by atoms with Crippen molar-refractivity contribution in [1.82, 2.24) is 9.78 Å². The molecule has 25 heavy (non-hydrogen) atoms. The molecule has 3 aromatic rings. The molecule has 0 spiro atoms. The van der Waals surface area contributed by atoms with Gasteiger partial charge >= 0.3 is 0 Å². The third-order valence-corrected chi connectivity index (χ3v) is 3.72. The van der Waals surface area contributed by atoms with Crippen molar-refractivity contribution in [3.05, 3.63) is 78.1 Å². The summed E-state index contributed by atoms with van der Waals surface area (Å²) in [5.41, 5.74) is 2.28. The predicted molar refractivity (Wildman–Crippen MR) is 96.5 cm³/mol. The topological polar surface area (TPSA) is 53.3 Å². The minimum atomic E-state index is -0.146. The number of aromatic nitrogens is 2. The average molecular weight is 334 g/mol. The van der Waals surface area contributed by atoms with Gasteiger partial charge < -0.3 is 9.47 Å². The van der Waals surface area contributed by atoms with Crippen LogP contribution in [-0.2, 0) is 0 Å². The van der Waals surface area contributed by atoms with Crippen LogP contribution >= 0.6 is 0 Å². The highest BCUT2D eigenvalue weighted by molar-refractivity contribution is 6.08. The summed E-state index contributed by atoms with van der Waals surface area (Å²) in [6.07, 6.45) is 6.82. The Bertz CT molecular complexity index is 898. The molecule has 1 aromatic heterocycles. The Labute approximate surface area is 146 Å². The van der Waals surface area contributed by atoms with Gasteiger partial charge in [-0.25, -0.2) is 4.68 Å². The second kappa shape index (κ2) is 7.49. The lowest BCUT2D eigenvalue weighted by Gasteiger charge is -2.07. The van der Waals surface area contributed by atoms with Crippen molar-refractivity contribution in [2.75, 3.05) is 14.2 Å². The minimum absolute atomic E-state index is 0.146. The highest BCUT2D eigenvalue weighted by Crippen LogP contribution is 2.25. The first-order chi connectivity index (χ1) is 12.2. The van der Waals surface area contributed by atoms with Crippen molar-refractivity contribution >= 4 is 11.9 Å². The van der Waals surface area contributed by atoms with Crippen LogP contribution in [0.5, 0.6) is 11.5 Å². The molecule has 0 radical (unpaired) electrons. The number of allylic oxidation sites excluding steroid dienone is 1. The molecule has 0 aliphatic heterocycles. The van der Waals surface area contributed by atoms with E-state index in [0.29, 0.717) is 17.1 Å². The van der Waals surface area contributed by atoms with Crippen molar-refractivity contribution in [1.29, 1.82) is 0 Å². The zero-order chi connectivity index (χ0) is 17.6. The Morgan fingerprint density at radius 2 is 1.88 bits per heavy atom. The number of ether oxygens (including phenoxy) is 2. The van der Waals surface area contributed by atoms with Gasteiger partial charge in [0.2, 0.25) is 0 Å². The number of hydrogen-bond donors (Lipinski definition) is 0. The highest BCUT2D eigenvalue weighted by atomic mass is 16.5. The molecule has 0 bridgehead atoms. The van der Waals surface area contributed by atoms with E-state index in [1.807, 2.05) is 36.5 Å². The summed E-state index contributed by atoms with van der Waals surface area (Å²) < 4.78 is 12.2. The van der Waals surface area contributed by atoms with Gasteiger partial charge in [0.05, 0.1) is 31.7 Å².